The molecule has 310 valence electrons. The van der Waals surface area contributed by atoms with Crippen LogP contribution in [0.15, 0.2) is 24.3 Å². The number of likely N-dealkylation sites (N-methyl/N-ethyl adjacent to an activating group) is 3. The van der Waals surface area contributed by atoms with Crippen LogP contribution in [-0.2, 0) is 30.5 Å². The van der Waals surface area contributed by atoms with Crippen molar-refractivity contribution in [2.24, 2.45) is 11.7 Å². The molecule has 0 aromatic heterocycles. The summed E-state index contributed by atoms with van der Waals surface area (Å²) >= 11 is 0. The van der Waals surface area contributed by atoms with Gasteiger partial charge in [0.15, 0.2) is 0 Å². The lowest BCUT2D eigenvalue weighted by Gasteiger charge is -2.25. The number of ether oxygens (including phenoxy) is 2. The predicted molar refractivity (Wildman–Crippen MR) is 218 cm³/mol. The van der Waals surface area contributed by atoms with Gasteiger partial charge in [-0.25, -0.2) is 9.59 Å². The van der Waals surface area contributed by atoms with Crippen molar-refractivity contribution < 1.29 is 33.4 Å². The molecule has 0 spiro atoms. The number of carbonyl (C=O) groups is 5. The van der Waals surface area contributed by atoms with Gasteiger partial charge in [0, 0.05) is 45.4 Å². The number of hydrogen-bond donors (Lipinski definition) is 6. The summed E-state index contributed by atoms with van der Waals surface area (Å²) < 4.78 is 11.0. The molecule has 1 rings (SSSR count). The number of urea groups is 1. The van der Waals surface area contributed by atoms with Gasteiger partial charge in [-0.1, -0.05) is 73.9 Å². The van der Waals surface area contributed by atoms with Gasteiger partial charge in [-0.15, -0.1) is 0 Å². The van der Waals surface area contributed by atoms with Gasteiger partial charge >= 0.3 is 12.1 Å². The van der Waals surface area contributed by atoms with Crippen LogP contribution in [0.25, 0.3) is 0 Å². The molecule has 5 amide bonds. The van der Waals surface area contributed by atoms with E-state index < -0.39 is 12.1 Å². The molecule has 14 nitrogen and oxygen atoms in total. The fourth-order valence-corrected chi connectivity index (χ4v) is 3.77. The van der Waals surface area contributed by atoms with Gasteiger partial charge < -0.3 is 51.5 Å². The van der Waals surface area contributed by atoms with Crippen molar-refractivity contribution in [1.82, 2.24) is 26.2 Å². The van der Waals surface area contributed by atoms with Crippen LogP contribution >= 0.6 is 0 Å². The highest BCUT2D eigenvalue weighted by molar-refractivity contribution is 5.94. The molecule has 0 saturated carbocycles. The fraction of sp³-hybridized carbons (Fsp3) is 0.718. The Morgan fingerprint density at radius 1 is 0.943 bits per heavy atom. The molecular formula is C39H77N7O7. The number of amides is 5. The molecule has 0 fully saturated rings. The van der Waals surface area contributed by atoms with Crippen molar-refractivity contribution >= 4 is 35.9 Å². The zero-order chi connectivity index (χ0) is 41.7. The van der Waals surface area contributed by atoms with E-state index in [-0.39, 0.29) is 36.7 Å². The summed E-state index contributed by atoms with van der Waals surface area (Å²) in [5, 5.41) is 13.8. The monoisotopic (exact) mass is 756 g/mol. The minimum Gasteiger partial charge on any atom is -0.445 e. The Balaban J connectivity index is -0.000000424. The summed E-state index contributed by atoms with van der Waals surface area (Å²) in [5.74, 6) is 0.358. The van der Waals surface area contributed by atoms with E-state index in [1.165, 1.54) is 11.3 Å². The Labute approximate surface area is 321 Å². The van der Waals surface area contributed by atoms with Crippen LogP contribution in [0.2, 0.25) is 0 Å². The molecule has 0 aliphatic heterocycles. The van der Waals surface area contributed by atoms with Gasteiger partial charge in [-0.3, -0.25) is 9.59 Å². The van der Waals surface area contributed by atoms with Gasteiger partial charge in [0.05, 0.1) is 18.2 Å². The maximum atomic E-state index is 12.4. The Bertz CT molecular complexity index is 1060. The summed E-state index contributed by atoms with van der Waals surface area (Å²) in [6.45, 7) is 23.2. The van der Waals surface area contributed by atoms with E-state index >= 15 is 0 Å². The van der Waals surface area contributed by atoms with E-state index in [4.69, 9.17) is 15.2 Å². The molecule has 0 bridgehead atoms. The molecule has 14 heteroatoms. The number of anilines is 1. The van der Waals surface area contributed by atoms with Gasteiger partial charge in [0.25, 0.3) is 0 Å². The average Bonchev–Trinajstić information content (AvgIpc) is 3.13. The second kappa shape index (κ2) is 38.0. The third kappa shape index (κ3) is 36.4. The van der Waals surface area contributed by atoms with Gasteiger partial charge in [-0.2, -0.15) is 0 Å². The fourth-order valence-electron chi connectivity index (χ4n) is 3.77. The van der Waals surface area contributed by atoms with Crippen molar-refractivity contribution in [3.05, 3.63) is 29.8 Å². The third-order valence-corrected chi connectivity index (χ3v) is 6.75. The summed E-state index contributed by atoms with van der Waals surface area (Å²) in [5.41, 5.74) is 6.19. The lowest BCUT2D eigenvalue weighted by Crippen LogP contribution is -2.39. The Hall–Kier alpha value is -3.75. The Kier molecular flexibility index (Phi) is 40.1. The van der Waals surface area contributed by atoms with E-state index in [1.54, 1.807) is 38.4 Å². The van der Waals surface area contributed by atoms with Crippen LogP contribution in [0.1, 0.15) is 113 Å². The van der Waals surface area contributed by atoms with Crippen molar-refractivity contribution in [3.8, 4) is 0 Å². The van der Waals surface area contributed by atoms with Crippen LogP contribution in [0.4, 0.5) is 15.3 Å². The first-order valence-corrected chi connectivity index (χ1v) is 19.1. The quantitative estimate of drug-likeness (QED) is 0.0661. The molecule has 1 unspecified atom stereocenters. The van der Waals surface area contributed by atoms with Crippen LogP contribution in [0.3, 0.4) is 0 Å². The largest absolute Gasteiger partial charge is 0.445 e. The minimum atomic E-state index is -0.578. The van der Waals surface area contributed by atoms with Gasteiger partial charge in [-0.05, 0) is 77.2 Å². The molecule has 0 heterocycles. The SMILES string of the molecule is CC.CC.CC(C)CCOC(C)(C)CCC(=O)NCC=O.CCC.CNCCN(C)C(=O)OCc1ccc(NC(=O)C(CCCNC(N)=O)NC)cc1. The molecule has 7 N–H and O–H groups in total. The van der Waals surface area contributed by atoms with E-state index in [1.807, 2.05) is 48.6 Å². The normalized spacial score (nSPS) is 10.5. The number of benzene rings is 1. The van der Waals surface area contributed by atoms with Gasteiger partial charge in [0.2, 0.25) is 11.8 Å². The molecule has 53 heavy (non-hydrogen) atoms. The standard InChI is InChI=1S/C19H32N6O4.C13H25NO3.C3H8.2C2H6/c1-21-11-12-25(3)19(28)29-13-14-6-8-15(9-7-14)24-17(26)16(22-2)5-4-10-23-18(20)27;1-11(2)6-10-17-13(3,4)7-5-12(16)14-8-9-15;1-3-2;2*1-2/h6-9,16,21-22H,4-5,10-13H2,1-3H3,(H,24,26)(H3,20,23,27);9,11H,5-8,10H2,1-4H3,(H,14,16);3H2,1-2H3;2*1-2H3. The number of carbonyl (C=O) groups excluding carboxylic acids is 5. The summed E-state index contributed by atoms with van der Waals surface area (Å²) in [6, 6.07) is 6.13. The highest BCUT2D eigenvalue weighted by atomic mass is 16.6. The van der Waals surface area contributed by atoms with Crippen LogP contribution in [0, 0.1) is 5.92 Å². The van der Waals surface area contributed by atoms with Crippen LogP contribution < -0.4 is 32.3 Å². The Morgan fingerprint density at radius 3 is 2.02 bits per heavy atom. The summed E-state index contributed by atoms with van der Waals surface area (Å²) in [4.78, 5) is 57.8. The molecule has 1 atom stereocenters. The molecule has 1 aromatic carbocycles. The smallest absolute Gasteiger partial charge is 0.409 e. The first-order chi connectivity index (χ1) is 25.2. The van der Waals surface area contributed by atoms with Crippen molar-refractivity contribution in [3.63, 3.8) is 0 Å². The van der Waals surface area contributed by atoms with Crippen molar-refractivity contribution in [2.75, 3.05) is 59.2 Å². The minimum absolute atomic E-state index is 0.0907. The molecule has 0 aliphatic carbocycles. The number of nitrogens with one attached hydrogen (secondary N) is 5. The van der Waals surface area contributed by atoms with Crippen molar-refractivity contribution in [2.45, 2.75) is 126 Å². The summed E-state index contributed by atoms with van der Waals surface area (Å²) in [6.07, 6.45) is 4.80. The summed E-state index contributed by atoms with van der Waals surface area (Å²) in [7, 11) is 5.21. The zero-order valence-corrected chi connectivity index (χ0v) is 35.4. The molecule has 0 radical (unpaired) electrons. The van der Waals surface area contributed by atoms with Crippen molar-refractivity contribution in [1.29, 1.82) is 0 Å². The topological polar surface area (TPSA) is 193 Å². The number of nitrogens with zero attached hydrogens (tertiary/aromatic N) is 1. The second-order valence-corrected chi connectivity index (χ2v) is 12.5. The van der Waals surface area contributed by atoms with E-state index in [2.05, 4.69) is 54.3 Å². The highest BCUT2D eigenvalue weighted by Crippen LogP contribution is 2.18. The number of hydrogen-bond acceptors (Lipinski definition) is 9. The molecule has 0 aliphatic rings. The molecule has 0 saturated heterocycles. The van der Waals surface area contributed by atoms with E-state index in [0.29, 0.717) is 63.2 Å². The second-order valence-electron chi connectivity index (χ2n) is 12.5. The average molecular weight is 756 g/mol. The maximum Gasteiger partial charge on any atom is 0.409 e. The predicted octanol–water partition coefficient (Wildman–Crippen LogP) is 5.84. The number of nitrogens with two attached hydrogens (primary N) is 1. The lowest BCUT2D eigenvalue weighted by molar-refractivity contribution is -0.124. The maximum absolute atomic E-state index is 12.4. The number of aldehydes is 1. The number of rotatable bonds is 21. The molecular weight excluding hydrogens is 678 g/mol. The first-order valence-electron chi connectivity index (χ1n) is 19.1. The first kappa shape index (κ1) is 56.0. The van der Waals surface area contributed by atoms with Crippen LogP contribution in [-0.4, -0.2) is 101 Å². The van der Waals surface area contributed by atoms with Gasteiger partial charge in [0.1, 0.15) is 12.9 Å². The Morgan fingerprint density at radius 2 is 1.53 bits per heavy atom. The lowest BCUT2D eigenvalue weighted by atomic mass is 10.0. The molecule has 1 aromatic rings. The highest BCUT2D eigenvalue weighted by Gasteiger charge is 2.20. The zero-order valence-electron chi connectivity index (χ0n) is 35.4. The van der Waals surface area contributed by atoms with Crippen LogP contribution in [0.5, 0.6) is 0 Å². The number of primary amides is 1. The third-order valence-electron chi connectivity index (χ3n) is 6.75. The van der Waals surface area contributed by atoms with E-state index in [9.17, 15) is 24.0 Å². The van der Waals surface area contributed by atoms with E-state index in [0.717, 1.165) is 18.6 Å².